The second-order valence-electron chi connectivity index (χ2n) is 6.97. The predicted octanol–water partition coefficient (Wildman–Crippen LogP) is -0.0660. The van der Waals surface area contributed by atoms with Gasteiger partial charge in [0.15, 0.2) is 0 Å². The van der Waals surface area contributed by atoms with E-state index in [0.29, 0.717) is 12.3 Å². The van der Waals surface area contributed by atoms with E-state index in [1.54, 1.807) is 0 Å². The molecule has 0 spiro atoms. The van der Waals surface area contributed by atoms with Crippen LogP contribution in [0.3, 0.4) is 0 Å². The molecule has 3 heterocycles. The molecule has 1 N–H and O–H groups in total. The molecule has 0 aromatic carbocycles. The fraction of sp³-hybridized carbons (Fsp3) is 0.812. The number of nitrogens with one attached hydrogen (secondary N) is 1. The summed E-state index contributed by atoms with van der Waals surface area (Å²) in [7, 11) is 0. The molecule has 146 valence electrons. The van der Waals surface area contributed by atoms with Gasteiger partial charge in [0.25, 0.3) is 0 Å². The van der Waals surface area contributed by atoms with Gasteiger partial charge in [0.1, 0.15) is 12.9 Å². The molecular weight excluding hydrogens is 358 g/mol. The van der Waals surface area contributed by atoms with Crippen molar-refractivity contribution in [2.45, 2.75) is 45.2 Å². The van der Waals surface area contributed by atoms with E-state index < -0.39 is 0 Å². The number of halogens is 1. The van der Waals surface area contributed by atoms with E-state index in [1.807, 2.05) is 4.90 Å². The third-order valence-corrected chi connectivity index (χ3v) is 5.08. The molecule has 0 radical (unpaired) electrons. The van der Waals surface area contributed by atoms with Crippen molar-refractivity contribution in [2.24, 2.45) is 5.92 Å². The zero-order valence-corrected chi connectivity index (χ0v) is 16.0. The van der Waals surface area contributed by atoms with Gasteiger partial charge in [0, 0.05) is 45.2 Å². The van der Waals surface area contributed by atoms with Crippen molar-refractivity contribution < 1.29 is 9.59 Å². The monoisotopic (exact) mass is 385 g/mol. The van der Waals surface area contributed by atoms with Gasteiger partial charge in [-0.3, -0.25) is 14.5 Å². The maximum Gasteiger partial charge on any atom is 0.242 e. The van der Waals surface area contributed by atoms with E-state index in [1.165, 1.54) is 11.0 Å². The Bertz CT molecular complexity index is 583. The molecule has 0 unspecified atom stereocenters. The standard InChI is InChI=1S/C16H27N7O2.ClH/c1-2-4-13-9-21(7-8-22-6-3-5-16(22)25)10-14(13)18-15(24)11-23-12-17-19-20-23;/h12-14H,2-11H2,1H3,(H,18,24);1H/t13-,14-;/m0./s1. The van der Waals surface area contributed by atoms with Gasteiger partial charge in [-0.15, -0.1) is 17.5 Å². The summed E-state index contributed by atoms with van der Waals surface area (Å²) >= 11 is 0. The highest BCUT2D eigenvalue weighted by Gasteiger charge is 2.33. The molecule has 2 aliphatic rings. The van der Waals surface area contributed by atoms with Crippen LogP contribution in [0, 0.1) is 5.92 Å². The van der Waals surface area contributed by atoms with Crippen LogP contribution in [-0.4, -0.2) is 80.6 Å². The summed E-state index contributed by atoms with van der Waals surface area (Å²) in [6, 6.07) is 0.151. The van der Waals surface area contributed by atoms with Crippen molar-refractivity contribution in [3.05, 3.63) is 6.33 Å². The molecule has 0 saturated carbocycles. The highest BCUT2D eigenvalue weighted by Crippen LogP contribution is 2.22. The lowest BCUT2D eigenvalue weighted by atomic mass is 9.98. The smallest absolute Gasteiger partial charge is 0.242 e. The molecule has 2 atom stereocenters. The largest absolute Gasteiger partial charge is 0.350 e. The predicted molar refractivity (Wildman–Crippen MR) is 97.6 cm³/mol. The molecule has 2 amide bonds. The third kappa shape index (κ3) is 5.38. The minimum atomic E-state index is -0.0602. The van der Waals surface area contributed by atoms with Crippen LogP contribution in [0.15, 0.2) is 6.33 Å². The minimum absolute atomic E-state index is 0. The summed E-state index contributed by atoms with van der Waals surface area (Å²) < 4.78 is 1.43. The van der Waals surface area contributed by atoms with E-state index >= 15 is 0 Å². The van der Waals surface area contributed by atoms with Crippen molar-refractivity contribution in [2.75, 3.05) is 32.7 Å². The van der Waals surface area contributed by atoms with Gasteiger partial charge in [-0.1, -0.05) is 13.3 Å². The number of amides is 2. The van der Waals surface area contributed by atoms with Crippen LogP contribution in [-0.2, 0) is 16.1 Å². The van der Waals surface area contributed by atoms with Gasteiger partial charge < -0.3 is 10.2 Å². The normalized spacial score (nSPS) is 23.3. The van der Waals surface area contributed by atoms with Gasteiger partial charge in [-0.05, 0) is 29.2 Å². The maximum absolute atomic E-state index is 12.2. The zero-order chi connectivity index (χ0) is 17.6. The first kappa shape index (κ1) is 20.6. The number of nitrogens with zero attached hydrogens (tertiary/aromatic N) is 6. The Hall–Kier alpha value is -1.74. The Morgan fingerprint density at radius 3 is 2.85 bits per heavy atom. The van der Waals surface area contributed by atoms with Crippen molar-refractivity contribution in [3.63, 3.8) is 0 Å². The Balaban J connectivity index is 0.00000243. The third-order valence-electron chi connectivity index (χ3n) is 5.08. The molecule has 2 aliphatic heterocycles. The van der Waals surface area contributed by atoms with Crippen LogP contribution >= 0.6 is 12.4 Å². The molecule has 2 saturated heterocycles. The summed E-state index contributed by atoms with van der Waals surface area (Å²) in [6.07, 6.45) is 5.30. The van der Waals surface area contributed by atoms with E-state index in [4.69, 9.17) is 0 Å². The van der Waals surface area contributed by atoms with Gasteiger partial charge in [-0.2, -0.15) is 0 Å². The molecule has 10 heteroatoms. The number of hydrogen-bond acceptors (Lipinski definition) is 6. The minimum Gasteiger partial charge on any atom is -0.350 e. The van der Waals surface area contributed by atoms with E-state index in [9.17, 15) is 9.59 Å². The molecule has 9 nitrogen and oxygen atoms in total. The summed E-state index contributed by atoms with van der Waals surface area (Å²) in [5.41, 5.74) is 0. The first-order chi connectivity index (χ1) is 12.2. The van der Waals surface area contributed by atoms with Crippen LogP contribution in [0.1, 0.15) is 32.6 Å². The molecule has 0 aliphatic carbocycles. The summed E-state index contributed by atoms with van der Waals surface area (Å²) in [6.45, 7) is 6.70. The summed E-state index contributed by atoms with van der Waals surface area (Å²) in [5, 5.41) is 14.0. The average molecular weight is 386 g/mol. The quantitative estimate of drug-likeness (QED) is 0.673. The second-order valence-corrected chi connectivity index (χ2v) is 6.97. The Kier molecular flexibility index (Phi) is 7.77. The molecule has 1 aromatic heterocycles. The Labute approximate surface area is 159 Å². The maximum atomic E-state index is 12.2. The van der Waals surface area contributed by atoms with Crippen LogP contribution < -0.4 is 5.32 Å². The summed E-state index contributed by atoms with van der Waals surface area (Å²) in [4.78, 5) is 28.3. The molecule has 3 rings (SSSR count). The van der Waals surface area contributed by atoms with Crippen molar-refractivity contribution in [1.29, 1.82) is 0 Å². The lowest BCUT2D eigenvalue weighted by Crippen LogP contribution is -2.42. The number of likely N-dealkylation sites (tertiary alicyclic amines) is 2. The van der Waals surface area contributed by atoms with Crippen molar-refractivity contribution in [3.8, 4) is 0 Å². The van der Waals surface area contributed by atoms with Crippen molar-refractivity contribution in [1.82, 2.24) is 35.3 Å². The van der Waals surface area contributed by atoms with Gasteiger partial charge in [0.2, 0.25) is 11.8 Å². The van der Waals surface area contributed by atoms with E-state index in [0.717, 1.165) is 52.0 Å². The number of aromatic nitrogens is 4. The lowest BCUT2D eigenvalue weighted by molar-refractivity contribution is -0.127. The van der Waals surface area contributed by atoms with Crippen LogP contribution in [0.4, 0.5) is 0 Å². The van der Waals surface area contributed by atoms with Gasteiger partial charge in [-0.25, -0.2) is 4.68 Å². The van der Waals surface area contributed by atoms with E-state index in [2.05, 4.69) is 32.7 Å². The number of rotatable bonds is 8. The molecule has 1 aromatic rings. The van der Waals surface area contributed by atoms with Gasteiger partial charge >= 0.3 is 0 Å². The molecule has 26 heavy (non-hydrogen) atoms. The van der Waals surface area contributed by atoms with Gasteiger partial charge in [0.05, 0.1) is 0 Å². The van der Waals surface area contributed by atoms with Crippen molar-refractivity contribution >= 4 is 24.2 Å². The first-order valence-electron chi connectivity index (χ1n) is 9.16. The fourth-order valence-electron chi connectivity index (χ4n) is 3.82. The highest BCUT2D eigenvalue weighted by molar-refractivity contribution is 5.85. The van der Waals surface area contributed by atoms with Crippen LogP contribution in [0.25, 0.3) is 0 Å². The zero-order valence-electron chi connectivity index (χ0n) is 15.2. The van der Waals surface area contributed by atoms with Crippen LogP contribution in [0.5, 0.6) is 0 Å². The topological polar surface area (TPSA) is 96.2 Å². The fourth-order valence-corrected chi connectivity index (χ4v) is 3.82. The first-order valence-corrected chi connectivity index (χ1v) is 9.16. The SMILES string of the molecule is CCC[C@H]1CN(CCN2CCCC2=O)C[C@@H]1NC(=O)Cn1cnnn1.Cl. The number of carbonyl (C=O) groups excluding carboxylic acids is 2. The molecule has 2 fully saturated rings. The number of carbonyl (C=O) groups is 2. The highest BCUT2D eigenvalue weighted by atomic mass is 35.5. The molecular formula is C16H28ClN7O2. The van der Waals surface area contributed by atoms with E-state index in [-0.39, 0.29) is 36.8 Å². The lowest BCUT2D eigenvalue weighted by Gasteiger charge is -2.21. The average Bonchev–Trinajstić information content (AvgIpc) is 3.29. The number of tetrazole rings is 1. The second kappa shape index (κ2) is 9.82. The Morgan fingerprint density at radius 1 is 1.35 bits per heavy atom. The number of hydrogen-bond donors (Lipinski definition) is 1. The Morgan fingerprint density at radius 2 is 2.19 bits per heavy atom. The van der Waals surface area contributed by atoms with Crippen LogP contribution in [0.2, 0.25) is 0 Å². The summed E-state index contributed by atoms with van der Waals surface area (Å²) in [5.74, 6) is 0.669. The molecule has 0 bridgehead atoms.